The number of hydrogen-bond donors (Lipinski definition) is 0. The van der Waals surface area contributed by atoms with Crippen LogP contribution in [0.15, 0.2) is 0 Å². The Morgan fingerprint density at radius 3 is 2.44 bits per heavy atom. The smallest absolute Gasteiger partial charge is 0.160 e. The second-order valence-electron chi connectivity index (χ2n) is 2.62. The van der Waals surface area contributed by atoms with Gasteiger partial charge in [-0.2, -0.15) is 0 Å². The Morgan fingerprint density at radius 1 is 1.56 bits per heavy atom. The Kier molecular flexibility index (Phi) is 2.09. The molecule has 52 valence electrons. The molecule has 9 heavy (non-hydrogen) atoms. The molecule has 0 N–H and O–H groups in total. The van der Waals surface area contributed by atoms with Crippen LogP contribution in [-0.2, 0) is 9.47 Å². The van der Waals surface area contributed by atoms with Crippen LogP contribution < -0.4 is 0 Å². The van der Waals surface area contributed by atoms with Crippen molar-refractivity contribution in [3.05, 3.63) is 6.92 Å². The molecule has 1 aliphatic heterocycles. The summed E-state index contributed by atoms with van der Waals surface area (Å²) in [6.45, 7) is 10.0. The Labute approximate surface area is 56.2 Å². The van der Waals surface area contributed by atoms with Gasteiger partial charge in [0.05, 0.1) is 12.7 Å². The van der Waals surface area contributed by atoms with Crippen molar-refractivity contribution < 1.29 is 9.47 Å². The molecule has 0 saturated carbocycles. The SMILES string of the molecule is [CH]C1COC(C(C)C)O1. The van der Waals surface area contributed by atoms with Crippen LogP contribution in [0.1, 0.15) is 13.8 Å². The third kappa shape index (κ3) is 1.66. The molecule has 0 amide bonds. The number of hydrogen-bond acceptors (Lipinski definition) is 2. The van der Waals surface area contributed by atoms with Crippen molar-refractivity contribution in [1.29, 1.82) is 0 Å². The first-order valence-electron chi connectivity index (χ1n) is 3.23. The second kappa shape index (κ2) is 2.67. The fourth-order valence-corrected chi connectivity index (χ4v) is 0.790. The van der Waals surface area contributed by atoms with Crippen molar-refractivity contribution in [3.8, 4) is 0 Å². The molecular formula is C7H12O2. The van der Waals surface area contributed by atoms with Gasteiger partial charge in [-0.15, -0.1) is 0 Å². The van der Waals surface area contributed by atoms with Gasteiger partial charge in [0.1, 0.15) is 0 Å². The molecule has 2 unspecified atom stereocenters. The van der Waals surface area contributed by atoms with Gasteiger partial charge in [-0.3, -0.25) is 0 Å². The van der Waals surface area contributed by atoms with Gasteiger partial charge in [-0.1, -0.05) is 13.8 Å². The van der Waals surface area contributed by atoms with Gasteiger partial charge in [0, 0.05) is 5.92 Å². The molecule has 0 spiro atoms. The van der Waals surface area contributed by atoms with Crippen molar-refractivity contribution >= 4 is 0 Å². The maximum atomic E-state index is 5.42. The molecule has 0 aliphatic carbocycles. The van der Waals surface area contributed by atoms with E-state index >= 15 is 0 Å². The molecule has 2 nitrogen and oxygen atoms in total. The summed E-state index contributed by atoms with van der Waals surface area (Å²) in [5, 5.41) is 0. The van der Waals surface area contributed by atoms with E-state index < -0.39 is 0 Å². The van der Waals surface area contributed by atoms with E-state index in [1.54, 1.807) is 0 Å². The van der Waals surface area contributed by atoms with Crippen LogP contribution in [-0.4, -0.2) is 19.0 Å². The zero-order chi connectivity index (χ0) is 6.85. The van der Waals surface area contributed by atoms with Crippen molar-refractivity contribution in [2.45, 2.75) is 26.2 Å². The molecule has 2 atom stereocenters. The molecule has 1 fully saturated rings. The highest BCUT2D eigenvalue weighted by atomic mass is 16.7. The van der Waals surface area contributed by atoms with Crippen LogP contribution in [0.4, 0.5) is 0 Å². The van der Waals surface area contributed by atoms with E-state index in [-0.39, 0.29) is 12.4 Å². The number of rotatable bonds is 1. The summed E-state index contributed by atoms with van der Waals surface area (Å²) in [6, 6.07) is 0. The van der Waals surface area contributed by atoms with Gasteiger partial charge in [0.2, 0.25) is 0 Å². The van der Waals surface area contributed by atoms with Crippen molar-refractivity contribution in [2.75, 3.05) is 6.61 Å². The lowest BCUT2D eigenvalue weighted by Gasteiger charge is -2.12. The standard InChI is InChI=1S/C7H12O2/c1-5(2)7-8-4-6(3)9-7/h3,5-7H,4H2,1-2H3. The first-order valence-corrected chi connectivity index (χ1v) is 3.23. The van der Waals surface area contributed by atoms with Gasteiger partial charge >= 0.3 is 0 Å². The fraction of sp³-hybridized carbons (Fsp3) is 0.857. The first kappa shape index (κ1) is 7.03. The summed E-state index contributed by atoms with van der Waals surface area (Å²) in [7, 11) is 0. The Hall–Kier alpha value is -0.0800. The van der Waals surface area contributed by atoms with E-state index in [1.165, 1.54) is 0 Å². The average molecular weight is 128 g/mol. The Bertz CT molecular complexity index is 90.9. The molecule has 1 aliphatic rings. The fourth-order valence-electron chi connectivity index (χ4n) is 0.790. The van der Waals surface area contributed by atoms with Gasteiger partial charge in [-0.25, -0.2) is 0 Å². The Morgan fingerprint density at radius 2 is 2.22 bits per heavy atom. The number of ether oxygens (including phenoxy) is 2. The molecule has 1 rings (SSSR count). The summed E-state index contributed by atoms with van der Waals surface area (Å²) in [5.74, 6) is 0.401. The van der Waals surface area contributed by atoms with Gasteiger partial charge in [0.25, 0.3) is 0 Å². The van der Waals surface area contributed by atoms with Gasteiger partial charge < -0.3 is 9.47 Å². The molecule has 0 bridgehead atoms. The molecule has 0 aromatic heterocycles. The molecule has 2 heteroatoms. The van der Waals surface area contributed by atoms with Crippen LogP contribution in [0.3, 0.4) is 0 Å². The van der Waals surface area contributed by atoms with Crippen LogP contribution in [0.2, 0.25) is 0 Å². The largest absolute Gasteiger partial charge is 0.350 e. The summed E-state index contributed by atoms with van der Waals surface area (Å²) in [6.07, 6.45) is -0.294. The minimum Gasteiger partial charge on any atom is -0.350 e. The normalized spacial score (nSPS) is 36.0. The van der Waals surface area contributed by atoms with Gasteiger partial charge in [-0.05, 0) is 6.92 Å². The lowest BCUT2D eigenvalue weighted by molar-refractivity contribution is -0.0816. The van der Waals surface area contributed by atoms with E-state index in [0.717, 1.165) is 0 Å². The monoisotopic (exact) mass is 128 g/mol. The van der Waals surface area contributed by atoms with E-state index in [1.807, 2.05) is 13.8 Å². The van der Waals surface area contributed by atoms with Crippen LogP contribution >= 0.6 is 0 Å². The molecule has 0 aromatic carbocycles. The highest BCUT2D eigenvalue weighted by molar-refractivity contribution is 4.68. The average Bonchev–Trinajstić information content (AvgIpc) is 2.14. The minimum absolute atomic E-state index is 0.0833. The quantitative estimate of drug-likeness (QED) is 0.526. The lowest BCUT2D eigenvalue weighted by atomic mass is 10.2. The van der Waals surface area contributed by atoms with Crippen LogP contribution in [0.25, 0.3) is 0 Å². The third-order valence-electron chi connectivity index (χ3n) is 1.28. The molecule has 1 heterocycles. The van der Waals surface area contributed by atoms with E-state index in [2.05, 4.69) is 0 Å². The van der Waals surface area contributed by atoms with E-state index in [4.69, 9.17) is 16.4 Å². The Balaban J connectivity index is 2.30. The van der Waals surface area contributed by atoms with Crippen molar-refractivity contribution in [3.63, 3.8) is 0 Å². The minimum atomic E-state index is -0.211. The van der Waals surface area contributed by atoms with Crippen molar-refractivity contribution in [1.82, 2.24) is 0 Å². The first-order chi connectivity index (χ1) is 4.20. The zero-order valence-electron chi connectivity index (χ0n) is 5.83. The van der Waals surface area contributed by atoms with Gasteiger partial charge in [0.15, 0.2) is 6.29 Å². The second-order valence-corrected chi connectivity index (χ2v) is 2.62. The maximum Gasteiger partial charge on any atom is 0.160 e. The highest BCUT2D eigenvalue weighted by Gasteiger charge is 2.24. The predicted molar refractivity (Wildman–Crippen MR) is 33.8 cm³/mol. The van der Waals surface area contributed by atoms with Crippen LogP contribution in [0, 0.1) is 12.8 Å². The highest BCUT2D eigenvalue weighted by Crippen LogP contribution is 2.17. The third-order valence-corrected chi connectivity index (χ3v) is 1.28. The predicted octanol–water partition coefficient (Wildman–Crippen LogP) is 1.09. The summed E-state index contributed by atoms with van der Waals surface area (Å²) < 4.78 is 10.4. The topological polar surface area (TPSA) is 18.5 Å². The van der Waals surface area contributed by atoms with Crippen LogP contribution in [0.5, 0.6) is 0 Å². The molecule has 2 radical (unpaired) electrons. The lowest BCUT2D eigenvalue weighted by Crippen LogP contribution is -2.16. The zero-order valence-corrected chi connectivity index (χ0v) is 5.83. The molecular weight excluding hydrogens is 116 g/mol. The molecule has 1 saturated heterocycles. The van der Waals surface area contributed by atoms with E-state index in [0.29, 0.717) is 12.5 Å². The maximum absolute atomic E-state index is 5.42. The summed E-state index contributed by atoms with van der Waals surface area (Å²) in [4.78, 5) is 0. The van der Waals surface area contributed by atoms with E-state index in [9.17, 15) is 0 Å². The summed E-state index contributed by atoms with van der Waals surface area (Å²) in [5.41, 5.74) is 0. The van der Waals surface area contributed by atoms with Crippen molar-refractivity contribution in [2.24, 2.45) is 5.92 Å². The summed E-state index contributed by atoms with van der Waals surface area (Å²) >= 11 is 0. The molecule has 0 aromatic rings.